The normalized spacial score (nSPS) is 27.2. The van der Waals surface area contributed by atoms with E-state index in [9.17, 15) is 19.0 Å². The summed E-state index contributed by atoms with van der Waals surface area (Å²) in [6.07, 6.45) is 8.91. The molecule has 0 aliphatic carbocycles. The molecule has 9 nitrogen and oxygen atoms in total. The number of β-amino-alcohol motifs (C(OH)–C–C–N with tert-alkyl or cyclic N) is 1. The molecule has 0 amide bonds. The summed E-state index contributed by atoms with van der Waals surface area (Å²) < 4.78 is 59.1. The Hall–Kier alpha value is -4.34. The van der Waals surface area contributed by atoms with Crippen LogP contribution >= 0.6 is 0 Å². The molecule has 244 valence electrons. The molecule has 8 rings (SSSR count). The molecule has 3 saturated heterocycles. The summed E-state index contributed by atoms with van der Waals surface area (Å²) in [6.45, 7) is 3.18. The number of anilines is 1. The molecule has 47 heavy (non-hydrogen) atoms. The Morgan fingerprint density at radius 2 is 2.00 bits per heavy atom. The number of ether oxygens (including phenoxy) is 2. The van der Waals surface area contributed by atoms with Crippen molar-refractivity contribution in [3.63, 3.8) is 0 Å². The van der Waals surface area contributed by atoms with Gasteiger partial charge in [0.05, 0.1) is 22.7 Å². The Bertz CT molecular complexity index is 1980. The number of benzene rings is 2. The fraction of sp³-hybridized carbons (Fsp3) is 0.457. The Morgan fingerprint density at radius 3 is 2.83 bits per heavy atom. The van der Waals surface area contributed by atoms with Gasteiger partial charge in [-0.15, -0.1) is 6.42 Å². The molecule has 6 heterocycles. The lowest BCUT2D eigenvalue weighted by Gasteiger charge is -2.31. The number of aromatic nitrogens is 3. The largest absolute Gasteiger partial charge is 0.508 e. The van der Waals surface area contributed by atoms with Crippen LogP contribution in [0.5, 0.6) is 17.6 Å². The van der Waals surface area contributed by atoms with Crippen LogP contribution in [0, 0.1) is 24.0 Å². The smallest absolute Gasteiger partial charge is 0.319 e. The predicted molar refractivity (Wildman–Crippen MR) is 169 cm³/mol. The van der Waals surface area contributed by atoms with Gasteiger partial charge in [-0.3, -0.25) is 4.90 Å². The number of pyridine rings is 1. The molecule has 2 aromatic carbocycles. The summed E-state index contributed by atoms with van der Waals surface area (Å²) in [6, 6.07) is 5.21. The van der Waals surface area contributed by atoms with Crippen molar-refractivity contribution in [1.29, 1.82) is 0 Å². The van der Waals surface area contributed by atoms with E-state index in [1.807, 2.05) is 4.90 Å². The number of fused-ring (bicyclic) bond motifs is 4. The third kappa shape index (κ3) is 4.90. The molecule has 0 radical (unpaired) electrons. The monoisotopic (exact) mass is 645 g/mol. The van der Waals surface area contributed by atoms with Gasteiger partial charge in [0.2, 0.25) is 5.88 Å². The number of hydrogen-bond donors (Lipinski definition) is 2. The minimum absolute atomic E-state index is 0.00284. The molecule has 4 aliphatic heterocycles. The SMILES string of the molecule is C#Cc1c(F)ccc2cc(O)cc(-c3nc4c5c(nc(OCC67C[C@@H](F)CN6C[C@@](C)(O)C7)nc5c3F)N3CCCCC[C@H]3CO4)c12. The number of terminal acetylenes is 1. The number of nitrogens with zero attached hydrogens (tertiary/aromatic N) is 5. The van der Waals surface area contributed by atoms with Crippen LogP contribution in [0.25, 0.3) is 32.9 Å². The van der Waals surface area contributed by atoms with Crippen molar-refractivity contribution >= 4 is 27.5 Å². The lowest BCUT2D eigenvalue weighted by Crippen LogP contribution is -2.43. The van der Waals surface area contributed by atoms with E-state index in [-0.39, 0.29) is 83.0 Å². The van der Waals surface area contributed by atoms with Gasteiger partial charge in [0.1, 0.15) is 53.4 Å². The number of hydrogen-bond acceptors (Lipinski definition) is 9. The number of aliphatic hydroxyl groups is 1. The molecule has 12 heteroatoms. The first-order valence-corrected chi connectivity index (χ1v) is 16.0. The Labute approximate surface area is 269 Å². The lowest BCUT2D eigenvalue weighted by atomic mass is 9.89. The van der Waals surface area contributed by atoms with E-state index in [1.165, 1.54) is 24.3 Å². The van der Waals surface area contributed by atoms with E-state index in [2.05, 4.69) is 20.8 Å². The van der Waals surface area contributed by atoms with Crippen LogP contribution in [0.15, 0.2) is 24.3 Å². The van der Waals surface area contributed by atoms with Gasteiger partial charge in [-0.2, -0.15) is 9.97 Å². The summed E-state index contributed by atoms with van der Waals surface area (Å²) in [4.78, 5) is 18.0. The van der Waals surface area contributed by atoms with Crippen molar-refractivity contribution in [3.8, 4) is 41.2 Å². The van der Waals surface area contributed by atoms with Gasteiger partial charge in [0, 0.05) is 37.0 Å². The van der Waals surface area contributed by atoms with Gasteiger partial charge >= 0.3 is 6.01 Å². The zero-order valence-electron chi connectivity index (χ0n) is 25.9. The van der Waals surface area contributed by atoms with Crippen molar-refractivity contribution in [2.24, 2.45) is 0 Å². The third-order valence-corrected chi connectivity index (χ3v) is 10.1. The van der Waals surface area contributed by atoms with Crippen LogP contribution in [0.2, 0.25) is 0 Å². The number of alkyl halides is 1. The van der Waals surface area contributed by atoms with Gasteiger partial charge < -0.3 is 24.6 Å². The van der Waals surface area contributed by atoms with Crippen molar-refractivity contribution in [2.75, 3.05) is 37.7 Å². The minimum Gasteiger partial charge on any atom is -0.508 e. The standard InChI is InChI=1S/C35H34F3N5O4/c1-3-23-25(37)9-8-19-11-22(44)12-24(26(19)23)29-28(38)30-27-31(43-10-6-4-5-7-21(43)15-46-32(27)39-29)41-33(40-30)47-18-35-13-20(36)14-42(35)17-34(2,45)16-35/h1,8-9,11-12,20-21,44-45H,4-7,10,13-18H2,2H3/t20-,21+,34+,35?/m1/s1. The molecule has 2 aromatic heterocycles. The van der Waals surface area contributed by atoms with Crippen LogP contribution < -0.4 is 14.4 Å². The highest BCUT2D eigenvalue weighted by Gasteiger charge is 2.56. The summed E-state index contributed by atoms with van der Waals surface area (Å²) in [5, 5.41) is 22.4. The van der Waals surface area contributed by atoms with Gasteiger partial charge in [0.25, 0.3) is 0 Å². The topological polar surface area (TPSA) is 104 Å². The Morgan fingerprint density at radius 1 is 1.15 bits per heavy atom. The third-order valence-electron chi connectivity index (χ3n) is 10.1. The molecule has 3 fully saturated rings. The molecule has 0 spiro atoms. The van der Waals surface area contributed by atoms with Crippen LogP contribution in [0.4, 0.5) is 19.0 Å². The van der Waals surface area contributed by atoms with Crippen molar-refractivity contribution in [3.05, 3.63) is 41.5 Å². The Balaban J connectivity index is 1.32. The average Bonchev–Trinajstić information content (AvgIpc) is 3.25. The summed E-state index contributed by atoms with van der Waals surface area (Å²) in [5.41, 5.74) is -2.12. The van der Waals surface area contributed by atoms with E-state index in [1.54, 1.807) is 6.92 Å². The number of phenols is 1. The minimum atomic E-state index is -1.06. The first-order chi connectivity index (χ1) is 22.6. The van der Waals surface area contributed by atoms with Crippen molar-refractivity contribution in [1.82, 2.24) is 19.9 Å². The molecule has 4 aromatic rings. The fourth-order valence-electron chi connectivity index (χ4n) is 8.25. The Kier molecular flexibility index (Phi) is 6.93. The molecule has 2 N–H and O–H groups in total. The fourth-order valence-corrected chi connectivity index (χ4v) is 8.25. The quantitative estimate of drug-likeness (QED) is 0.288. The second-order valence-corrected chi connectivity index (χ2v) is 13.7. The zero-order chi connectivity index (χ0) is 32.7. The van der Waals surface area contributed by atoms with Crippen LogP contribution in [0.3, 0.4) is 0 Å². The maximum absolute atomic E-state index is 17.0. The van der Waals surface area contributed by atoms with Gasteiger partial charge in [-0.25, -0.2) is 18.2 Å². The van der Waals surface area contributed by atoms with E-state index >= 15 is 4.39 Å². The van der Waals surface area contributed by atoms with Crippen LogP contribution in [-0.2, 0) is 0 Å². The number of phenolic OH excluding ortho intramolecular Hbond substituents is 1. The zero-order valence-corrected chi connectivity index (χ0v) is 25.9. The summed E-state index contributed by atoms with van der Waals surface area (Å²) in [5.74, 6) is 1.20. The molecule has 0 saturated carbocycles. The number of aromatic hydroxyl groups is 1. The van der Waals surface area contributed by atoms with Crippen LogP contribution in [0.1, 0.15) is 51.0 Å². The van der Waals surface area contributed by atoms with E-state index in [0.717, 1.165) is 25.7 Å². The lowest BCUT2D eigenvalue weighted by molar-refractivity contribution is 0.0608. The van der Waals surface area contributed by atoms with Gasteiger partial charge in [-0.05, 0) is 49.8 Å². The highest BCUT2D eigenvalue weighted by molar-refractivity contribution is 6.04. The highest BCUT2D eigenvalue weighted by Crippen LogP contribution is 2.46. The summed E-state index contributed by atoms with van der Waals surface area (Å²) in [7, 11) is 0. The van der Waals surface area contributed by atoms with E-state index < -0.39 is 28.9 Å². The van der Waals surface area contributed by atoms with Crippen molar-refractivity contribution in [2.45, 2.75) is 68.8 Å². The van der Waals surface area contributed by atoms with Gasteiger partial charge in [0.15, 0.2) is 5.82 Å². The van der Waals surface area contributed by atoms with E-state index in [4.69, 9.17) is 20.9 Å². The molecular weight excluding hydrogens is 611 g/mol. The molecule has 4 aliphatic rings. The molecule has 1 unspecified atom stereocenters. The number of rotatable bonds is 4. The second kappa shape index (κ2) is 10.9. The maximum Gasteiger partial charge on any atom is 0.319 e. The number of halogens is 3. The van der Waals surface area contributed by atoms with Crippen LogP contribution in [-0.4, -0.2) is 86.3 Å². The first-order valence-electron chi connectivity index (χ1n) is 16.0. The highest BCUT2D eigenvalue weighted by atomic mass is 19.1. The van der Waals surface area contributed by atoms with E-state index in [0.29, 0.717) is 30.7 Å². The first kappa shape index (κ1) is 30.0. The molecule has 0 bridgehead atoms. The second-order valence-electron chi connectivity index (χ2n) is 13.7. The molecular formula is C35H34F3N5O4. The molecule has 4 atom stereocenters. The van der Waals surface area contributed by atoms with Crippen molar-refractivity contribution < 1.29 is 32.9 Å². The van der Waals surface area contributed by atoms with Gasteiger partial charge in [-0.1, -0.05) is 24.8 Å². The maximum atomic E-state index is 17.0. The summed E-state index contributed by atoms with van der Waals surface area (Å²) >= 11 is 0. The average molecular weight is 646 g/mol. The predicted octanol–water partition coefficient (Wildman–Crippen LogP) is 5.27.